The predicted molar refractivity (Wildman–Crippen MR) is 102 cm³/mol. The van der Waals surface area contributed by atoms with E-state index in [9.17, 15) is 0 Å². The summed E-state index contributed by atoms with van der Waals surface area (Å²) in [7, 11) is 0. The molecule has 1 unspecified atom stereocenters. The molecule has 0 amide bonds. The van der Waals surface area contributed by atoms with Crippen molar-refractivity contribution < 1.29 is 9.90 Å². The van der Waals surface area contributed by atoms with Crippen molar-refractivity contribution in [1.29, 1.82) is 0 Å². The van der Waals surface area contributed by atoms with Crippen LogP contribution in [0.2, 0.25) is 0 Å². The number of hydrogen-bond donors (Lipinski definition) is 2. The van der Waals surface area contributed by atoms with Crippen LogP contribution < -0.4 is 5.73 Å². The highest BCUT2D eigenvalue weighted by atomic mass is 16.4. The minimum atomic E-state index is -0.833. The summed E-state index contributed by atoms with van der Waals surface area (Å²) in [4.78, 5) is 9.00. The van der Waals surface area contributed by atoms with Gasteiger partial charge in [0.2, 0.25) is 0 Å². The topological polar surface area (TPSA) is 63.3 Å². The molecule has 0 aliphatic rings. The highest BCUT2D eigenvalue weighted by molar-refractivity contribution is 5.62. The molecule has 0 radical (unpaired) electrons. The van der Waals surface area contributed by atoms with Crippen LogP contribution in [0.25, 0.3) is 0 Å². The van der Waals surface area contributed by atoms with Crippen molar-refractivity contribution in [3.8, 4) is 0 Å². The predicted octanol–water partition coefficient (Wildman–Crippen LogP) is 6.30. The summed E-state index contributed by atoms with van der Waals surface area (Å²) in [5.41, 5.74) is 6.18. The van der Waals surface area contributed by atoms with Crippen molar-refractivity contribution in [3.05, 3.63) is 0 Å². The maximum absolute atomic E-state index is 9.00. The zero-order valence-electron chi connectivity index (χ0n) is 16.1. The average Bonchev–Trinajstić information content (AvgIpc) is 2.49. The van der Waals surface area contributed by atoms with Gasteiger partial charge < -0.3 is 10.8 Å². The van der Waals surface area contributed by atoms with E-state index in [0.717, 1.165) is 6.92 Å². The van der Waals surface area contributed by atoms with E-state index in [4.69, 9.17) is 15.6 Å². The molecule has 0 fully saturated rings. The van der Waals surface area contributed by atoms with E-state index in [1.54, 1.807) is 0 Å². The summed E-state index contributed by atoms with van der Waals surface area (Å²) in [6.45, 7) is 5.64. The first-order valence-corrected chi connectivity index (χ1v) is 9.99. The van der Waals surface area contributed by atoms with Crippen molar-refractivity contribution in [1.82, 2.24) is 0 Å². The Morgan fingerprint density at radius 2 is 1.00 bits per heavy atom. The summed E-state index contributed by atoms with van der Waals surface area (Å²) < 4.78 is 0. The molecule has 0 aliphatic heterocycles. The molecule has 0 aromatic heterocycles. The van der Waals surface area contributed by atoms with Crippen molar-refractivity contribution in [3.63, 3.8) is 0 Å². The molecule has 140 valence electrons. The van der Waals surface area contributed by atoms with Gasteiger partial charge in [-0.25, -0.2) is 0 Å². The molecular weight excluding hydrogens is 286 g/mol. The lowest BCUT2D eigenvalue weighted by molar-refractivity contribution is -0.134. The first-order chi connectivity index (χ1) is 11.0. The summed E-state index contributed by atoms with van der Waals surface area (Å²) in [5.74, 6) is -0.833. The number of carbonyl (C=O) groups is 1. The van der Waals surface area contributed by atoms with E-state index in [1.807, 2.05) is 0 Å². The third kappa shape index (κ3) is 30.0. The van der Waals surface area contributed by atoms with Crippen LogP contribution in [-0.4, -0.2) is 17.1 Å². The Balaban J connectivity index is 0. The Labute approximate surface area is 145 Å². The van der Waals surface area contributed by atoms with Gasteiger partial charge in [0.15, 0.2) is 0 Å². The lowest BCUT2D eigenvalue weighted by Crippen LogP contribution is -2.19. The maximum atomic E-state index is 9.00. The molecule has 3 heteroatoms. The number of hydrogen-bond acceptors (Lipinski definition) is 2. The monoisotopic (exact) mass is 329 g/mol. The van der Waals surface area contributed by atoms with Gasteiger partial charge >= 0.3 is 0 Å². The molecule has 0 saturated heterocycles. The van der Waals surface area contributed by atoms with Crippen LogP contribution in [0.1, 0.15) is 117 Å². The van der Waals surface area contributed by atoms with Gasteiger partial charge in [-0.2, -0.15) is 0 Å². The summed E-state index contributed by atoms with van der Waals surface area (Å²) in [6.07, 6.45) is 20.6. The SMILES string of the molecule is CC(=O)O.CCCCCCCCCC(N)CCCCCCCC. The Morgan fingerprint density at radius 3 is 1.30 bits per heavy atom. The van der Waals surface area contributed by atoms with Gasteiger partial charge in [0, 0.05) is 13.0 Å². The second-order valence-electron chi connectivity index (χ2n) is 6.75. The second kappa shape index (κ2) is 21.4. The summed E-state index contributed by atoms with van der Waals surface area (Å²) in [5, 5.41) is 7.42. The Bertz CT molecular complexity index is 228. The minimum absolute atomic E-state index is 0.474. The van der Waals surface area contributed by atoms with Gasteiger partial charge in [0.1, 0.15) is 0 Å². The number of aliphatic carboxylic acids is 1. The van der Waals surface area contributed by atoms with Crippen LogP contribution in [0.3, 0.4) is 0 Å². The second-order valence-corrected chi connectivity index (χ2v) is 6.75. The van der Waals surface area contributed by atoms with Gasteiger partial charge in [-0.05, 0) is 12.8 Å². The zero-order chi connectivity index (χ0) is 17.8. The molecule has 0 aliphatic carbocycles. The third-order valence-corrected chi connectivity index (χ3v) is 4.11. The van der Waals surface area contributed by atoms with Crippen LogP contribution >= 0.6 is 0 Å². The van der Waals surface area contributed by atoms with E-state index in [-0.39, 0.29) is 0 Å². The van der Waals surface area contributed by atoms with Gasteiger partial charge in [0.05, 0.1) is 0 Å². The molecule has 0 aromatic carbocycles. The number of rotatable bonds is 15. The van der Waals surface area contributed by atoms with Crippen molar-refractivity contribution in [2.24, 2.45) is 5.73 Å². The van der Waals surface area contributed by atoms with Gasteiger partial charge in [-0.15, -0.1) is 0 Å². The highest BCUT2D eigenvalue weighted by Crippen LogP contribution is 2.13. The zero-order valence-corrected chi connectivity index (χ0v) is 16.1. The first-order valence-electron chi connectivity index (χ1n) is 9.99. The van der Waals surface area contributed by atoms with E-state index >= 15 is 0 Å². The molecule has 0 bridgehead atoms. The van der Waals surface area contributed by atoms with Crippen LogP contribution in [0.4, 0.5) is 0 Å². The first kappa shape index (κ1) is 24.7. The lowest BCUT2D eigenvalue weighted by Gasteiger charge is -2.11. The maximum Gasteiger partial charge on any atom is 0.300 e. The Morgan fingerprint density at radius 1 is 0.739 bits per heavy atom. The highest BCUT2D eigenvalue weighted by Gasteiger charge is 2.02. The standard InChI is InChI=1S/C18H39N.C2H4O2/c1-3-5-7-9-11-13-15-17-18(19)16-14-12-10-8-6-4-2;1-2(3)4/h18H,3-17,19H2,1-2H3;1H3,(H,3,4). The van der Waals surface area contributed by atoms with Crippen LogP contribution in [0.15, 0.2) is 0 Å². The number of carboxylic acid groups (broad SMARTS) is 1. The van der Waals surface area contributed by atoms with Crippen LogP contribution in [0, 0.1) is 0 Å². The van der Waals surface area contributed by atoms with Gasteiger partial charge in [0.25, 0.3) is 5.97 Å². The van der Waals surface area contributed by atoms with E-state index in [1.165, 1.54) is 96.3 Å². The molecule has 23 heavy (non-hydrogen) atoms. The molecule has 1 atom stereocenters. The van der Waals surface area contributed by atoms with Crippen LogP contribution in [-0.2, 0) is 4.79 Å². The Kier molecular flexibility index (Phi) is 23.0. The minimum Gasteiger partial charge on any atom is -0.481 e. The molecular formula is C20H43NO2. The van der Waals surface area contributed by atoms with Gasteiger partial charge in [-0.1, -0.05) is 97.3 Å². The molecule has 0 spiro atoms. The quantitative estimate of drug-likeness (QED) is 0.347. The molecule has 3 nitrogen and oxygen atoms in total. The van der Waals surface area contributed by atoms with Gasteiger partial charge in [-0.3, -0.25) is 4.79 Å². The van der Waals surface area contributed by atoms with Crippen molar-refractivity contribution in [2.75, 3.05) is 0 Å². The Hall–Kier alpha value is -0.570. The molecule has 0 aromatic rings. The molecule has 0 rings (SSSR count). The third-order valence-electron chi connectivity index (χ3n) is 4.11. The lowest BCUT2D eigenvalue weighted by atomic mass is 10.0. The van der Waals surface area contributed by atoms with E-state index < -0.39 is 5.97 Å². The fraction of sp³-hybridized carbons (Fsp3) is 0.950. The fourth-order valence-electron chi connectivity index (χ4n) is 2.69. The molecule has 0 saturated carbocycles. The fourth-order valence-corrected chi connectivity index (χ4v) is 2.69. The number of unbranched alkanes of at least 4 members (excludes halogenated alkanes) is 11. The van der Waals surface area contributed by atoms with Crippen molar-refractivity contribution >= 4 is 5.97 Å². The largest absolute Gasteiger partial charge is 0.481 e. The van der Waals surface area contributed by atoms with Crippen LogP contribution in [0.5, 0.6) is 0 Å². The molecule has 3 N–H and O–H groups in total. The number of carboxylic acids is 1. The summed E-state index contributed by atoms with van der Waals surface area (Å²) >= 11 is 0. The number of nitrogens with two attached hydrogens (primary N) is 1. The molecule has 0 heterocycles. The smallest absolute Gasteiger partial charge is 0.300 e. The average molecular weight is 330 g/mol. The normalized spacial score (nSPS) is 11.7. The van der Waals surface area contributed by atoms with E-state index in [0.29, 0.717) is 6.04 Å². The van der Waals surface area contributed by atoms with E-state index in [2.05, 4.69) is 13.8 Å². The van der Waals surface area contributed by atoms with Crippen molar-refractivity contribution in [2.45, 2.75) is 123 Å². The summed E-state index contributed by atoms with van der Waals surface area (Å²) in [6, 6.07) is 0.474.